The Balaban J connectivity index is 2.09. The molecule has 1 fully saturated rings. The molecule has 3 rings (SSSR count). The van der Waals surface area contributed by atoms with Crippen LogP contribution in [0, 0.1) is 6.92 Å². The first-order valence-corrected chi connectivity index (χ1v) is 6.77. The normalized spacial score (nSPS) is 29.1. The van der Waals surface area contributed by atoms with E-state index < -0.39 is 31.1 Å². The van der Waals surface area contributed by atoms with Crippen LogP contribution in [0.15, 0.2) is 35.3 Å². The maximum absolute atomic E-state index is 12.5. The van der Waals surface area contributed by atoms with Gasteiger partial charge in [-0.1, -0.05) is 17.7 Å². The van der Waals surface area contributed by atoms with Crippen LogP contribution in [0.1, 0.15) is 11.8 Å². The first-order valence-electron chi connectivity index (χ1n) is 6.77. The molecule has 1 aliphatic rings. The van der Waals surface area contributed by atoms with Crippen molar-refractivity contribution in [3.8, 4) is 0 Å². The number of pyridine rings is 1. The van der Waals surface area contributed by atoms with Gasteiger partial charge in [-0.15, -0.1) is 0 Å². The molecule has 1 aliphatic heterocycles. The lowest BCUT2D eigenvalue weighted by Crippen LogP contribution is -2.35. The van der Waals surface area contributed by atoms with Crippen molar-refractivity contribution in [3.63, 3.8) is 0 Å². The van der Waals surface area contributed by atoms with Crippen molar-refractivity contribution < 1.29 is 20.1 Å². The fourth-order valence-corrected chi connectivity index (χ4v) is 2.68. The van der Waals surface area contributed by atoms with Gasteiger partial charge in [-0.2, -0.15) is 0 Å². The summed E-state index contributed by atoms with van der Waals surface area (Å²) in [6.07, 6.45) is -2.86. The van der Waals surface area contributed by atoms with Crippen LogP contribution in [0.3, 0.4) is 0 Å². The lowest BCUT2D eigenvalue weighted by Gasteiger charge is -2.18. The van der Waals surface area contributed by atoms with Gasteiger partial charge in [-0.3, -0.25) is 9.36 Å². The lowest BCUT2D eigenvalue weighted by molar-refractivity contribution is -0.0541. The largest absolute Gasteiger partial charge is 0.394 e. The molecule has 4 atom stereocenters. The van der Waals surface area contributed by atoms with E-state index in [1.807, 2.05) is 19.1 Å². The highest BCUT2D eigenvalue weighted by molar-refractivity contribution is 5.82. The van der Waals surface area contributed by atoms with Crippen LogP contribution in [-0.2, 0) is 4.74 Å². The third kappa shape index (κ3) is 2.26. The molecule has 6 heteroatoms. The summed E-state index contributed by atoms with van der Waals surface area (Å²) >= 11 is 0. The van der Waals surface area contributed by atoms with E-state index in [0.29, 0.717) is 5.39 Å². The zero-order valence-electron chi connectivity index (χ0n) is 11.5. The molecule has 1 aromatic heterocycles. The second kappa shape index (κ2) is 5.23. The van der Waals surface area contributed by atoms with Gasteiger partial charge in [0, 0.05) is 11.6 Å². The summed E-state index contributed by atoms with van der Waals surface area (Å²) in [6.45, 7) is 1.47. The number of aromatic nitrogens is 1. The van der Waals surface area contributed by atoms with Gasteiger partial charge in [0.15, 0.2) is 6.23 Å². The van der Waals surface area contributed by atoms with Gasteiger partial charge in [0.05, 0.1) is 6.61 Å². The topological polar surface area (TPSA) is 91.9 Å². The molecule has 0 radical (unpaired) electrons. The van der Waals surface area contributed by atoms with Crippen molar-refractivity contribution in [2.75, 3.05) is 6.61 Å². The molecule has 0 amide bonds. The Morgan fingerprint density at radius 1 is 1.24 bits per heavy atom. The highest BCUT2D eigenvalue weighted by atomic mass is 16.6. The van der Waals surface area contributed by atoms with E-state index in [0.717, 1.165) is 10.9 Å². The maximum atomic E-state index is 12.5. The number of aliphatic hydroxyl groups excluding tert-OH is 3. The summed E-state index contributed by atoms with van der Waals surface area (Å²) in [5.41, 5.74) is 0.657. The zero-order chi connectivity index (χ0) is 15.1. The number of aliphatic hydroxyl groups is 3. The van der Waals surface area contributed by atoms with E-state index >= 15 is 0 Å². The molecule has 0 saturated carbocycles. The van der Waals surface area contributed by atoms with Crippen LogP contribution in [0.2, 0.25) is 0 Å². The molecule has 6 nitrogen and oxygen atoms in total. The summed E-state index contributed by atoms with van der Waals surface area (Å²) in [5.74, 6) is 0. The summed E-state index contributed by atoms with van der Waals surface area (Å²) < 4.78 is 6.65. The molecular weight excluding hydrogens is 274 g/mol. The summed E-state index contributed by atoms with van der Waals surface area (Å²) in [6, 6.07) is 7.30. The standard InChI is InChI=1S/C15H17NO5/c1-8-2-3-9-4-5-16(14(20)10(9)6-8)15-13(19)12(18)11(7-17)21-15/h2-6,11-13,15,17-19H,7H2,1H3/t11-,12-,13+,15-/m1/s1. The zero-order valence-corrected chi connectivity index (χ0v) is 11.5. The van der Waals surface area contributed by atoms with Crippen molar-refractivity contribution in [2.45, 2.75) is 31.5 Å². The van der Waals surface area contributed by atoms with E-state index in [1.165, 1.54) is 10.8 Å². The highest BCUT2D eigenvalue weighted by Crippen LogP contribution is 2.28. The first kappa shape index (κ1) is 14.2. The molecule has 21 heavy (non-hydrogen) atoms. The van der Waals surface area contributed by atoms with Gasteiger partial charge in [-0.05, 0) is 24.4 Å². The molecule has 112 valence electrons. The monoisotopic (exact) mass is 291 g/mol. The smallest absolute Gasteiger partial charge is 0.260 e. The highest BCUT2D eigenvalue weighted by Gasteiger charge is 2.43. The molecule has 0 spiro atoms. The number of aryl methyl sites for hydroxylation is 1. The van der Waals surface area contributed by atoms with Crippen molar-refractivity contribution >= 4 is 10.8 Å². The molecular formula is C15H17NO5. The van der Waals surface area contributed by atoms with Gasteiger partial charge in [0.2, 0.25) is 0 Å². The minimum Gasteiger partial charge on any atom is -0.394 e. The molecule has 0 aliphatic carbocycles. The molecule has 1 saturated heterocycles. The van der Waals surface area contributed by atoms with Crippen molar-refractivity contribution in [3.05, 3.63) is 46.4 Å². The Bertz CT molecular complexity index is 726. The number of rotatable bonds is 2. The Hall–Kier alpha value is -1.73. The second-order valence-electron chi connectivity index (χ2n) is 5.35. The van der Waals surface area contributed by atoms with Gasteiger partial charge >= 0.3 is 0 Å². The van der Waals surface area contributed by atoms with E-state index in [-0.39, 0.29) is 5.56 Å². The average Bonchev–Trinajstić information content (AvgIpc) is 2.76. The quantitative estimate of drug-likeness (QED) is 0.720. The van der Waals surface area contributed by atoms with Crippen LogP contribution < -0.4 is 5.56 Å². The van der Waals surface area contributed by atoms with Crippen LogP contribution >= 0.6 is 0 Å². The number of fused-ring (bicyclic) bond motifs is 1. The minimum atomic E-state index is -1.26. The van der Waals surface area contributed by atoms with E-state index in [2.05, 4.69) is 0 Å². The predicted molar refractivity (Wildman–Crippen MR) is 76.0 cm³/mol. The molecule has 0 unspecified atom stereocenters. The summed E-state index contributed by atoms with van der Waals surface area (Å²) in [4.78, 5) is 12.5. The lowest BCUT2D eigenvalue weighted by atomic mass is 10.1. The Labute approximate surface area is 120 Å². The van der Waals surface area contributed by atoms with Crippen LogP contribution in [0.5, 0.6) is 0 Å². The number of nitrogens with zero attached hydrogens (tertiary/aromatic N) is 1. The number of hydrogen-bond acceptors (Lipinski definition) is 5. The molecule has 2 aromatic rings. The third-order valence-electron chi connectivity index (χ3n) is 3.88. The molecule has 1 aromatic carbocycles. The molecule has 2 heterocycles. The summed E-state index contributed by atoms with van der Waals surface area (Å²) in [5, 5.41) is 30.2. The average molecular weight is 291 g/mol. The Morgan fingerprint density at radius 3 is 2.67 bits per heavy atom. The fourth-order valence-electron chi connectivity index (χ4n) is 2.68. The predicted octanol–water partition coefficient (Wildman–Crippen LogP) is -0.0786. The second-order valence-corrected chi connectivity index (χ2v) is 5.35. The van der Waals surface area contributed by atoms with Crippen molar-refractivity contribution in [2.24, 2.45) is 0 Å². The van der Waals surface area contributed by atoms with Gasteiger partial charge in [-0.25, -0.2) is 0 Å². The van der Waals surface area contributed by atoms with Crippen molar-refractivity contribution in [1.29, 1.82) is 0 Å². The van der Waals surface area contributed by atoms with E-state index in [9.17, 15) is 15.0 Å². The minimum absolute atomic E-state index is 0.300. The van der Waals surface area contributed by atoms with Gasteiger partial charge < -0.3 is 20.1 Å². The van der Waals surface area contributed by atoms with E-state index in [1.54, 1.807) is 12.1 Å². The molecule has 3 N–H and O–H groups in total. The maximum Gasteiger partial charge on any atom is 0.260 e. The number of ether oxygens (including phenoxy) is 1. The summed E-state index contributed by atoms with van der Waals surface area (Å²) in [7, 11) is 0. The first-order chi connectivity index (χ1) is 10.0. The molecule has 0 bridgehead atoms. The van der Waals surface area contributed by atoms with E-state index in [4.69, 9.17) is 9.84 Å². The van der Waals surface area contributed by atoms with Crippen molar-refractivity contribution in [1.82, 2.24) is 4.57 Å². The third-order valence-corrected chi connectivity index (χ3v) is 3.88. The van der Waals surface area contributed by atoms with Crippen LogP contribution in [0.25, 0.3) is 10.8 Å². The van der Waals surface area contributed by atoms with Gasteiger partial charge in [0.25, 0.3) is 5.56 Å². The SMILES string of the molecule is Cc1ccc2ccn([C@@H]3O[C@H](CO)[C@@H](O)[C@@H]3O)c(=O)c2c1. The number of hydrogen-bond donors (Lipinski definition) is 3. The Kier molecular flexibility index (Phi) is 3.54. The van der Waals surface area contributed by atoms with Gasteiger partial charge in [0.1, 0.15) is 18.3 Å². The van der Waals surface area contributed by atoms with Crippen LogP contribution in [0.4, 0.5) is 0 Å². The number of benzene rings is 1. The van der Waals surface area contributed by atoms with Crippen LogP contribution in [-0.4, -0.2) is 44.8 Å². The fraction of sp³-hybridized carbons (Fsp3) is 0.400. The Morgan fingerprint density at radius 2 is 2.00 bits per heavy atom.